The molecule has 6 heteroatoms. The number of hydrogen-bond acceptors (Lipinski definition) is 5. The molecule has 1 aliphatic heterocycles. The molecular formula is C14H18N4OS. The first kappa shape index (κ1) is 13.2. The van der Waals surface area contributed by atoms with Crippen molar-refractivity contribution in [2.75, 3.05) is 36.8 Å². The number of nitrogens with zero attached hydrogens (tertiary/aromatic N) is 3. The van der Waals surface area contributed by atoms with Gasteiger partial charge in [-0.15, -0.1) is 11.3 Å². The number of rotatable bonds is 1. The van der Waals surface area contributed by atoms with Crippen LogP contribution in [0.5, 0.6) is 0 Å². The van der Waals surface area contributed by atoms with Crippen molar-refractivity contribution in [1.82, 2.24) is 9.88 Å². The number of thiazole rings is 1. The lowest BCUT2D eigenvalue weighted by Gasteiger charge is -2.36. The van der Waals surface area contributed by atoms with Gasteiger partial charge in [0.2, 0.25) is 5.91 Å². The fourth-order valence-corrected chi connectivity index (χ4v) is 3.49. The zero-order chi connectivity index (χ0) is 14.3. The number of anilines is 2. The number of carbonyl (C=O) groups is 1. The standard InChI is InChI=1S/C14H18N4OS/c1-9-16-12-8-13(11(15)7-14(12)20-9)18-5-3-17(4-6-18)10(2)19/h7-8H,3-6,15H2,1-2H3. The molecule has 1 saturated heterocycles. The Labute approximate surface area is 122 Å². The first-order valence-electron chi connectivity index (χ1n) is 6.72. The van der Waals surface area contributed by atoms with E-state index in [0.29, 0.717) is 0 Å². The molecule has 2 heterocycles. The van der Waals surface area contributed by atoms with E-state index in [1.165, 1.54) is 0 Å². The highest BCUT2D eigenvalue weighted by atomic mass is 32.1. The number of amides is 1. The Balaban J connectivity index is 1.87. The molecule has 0 bridgehead atoms. The van der Waals surface area contributed by atoms with Crippen LogP contribution in [0.2, 0.25) is 0 Å². The molecule has 2 aromatic rings. The van der Waals surface area contributed by atoms with Crippen LogP contribution in [0.25, 0.3) is 10.2 Å². The van der Waals surface area contributed by atoms with E-state index < -0.39 is 0 Å². The summed E-state index contributed by atoms with van der Waals surface area (Å²) < 4.78 is 1.13. The van der Waals surface area contributed by atoms with Crippen LogP contribution in [0.4, 0.5) is 11.4 Å². The second kappa shape index (κ2) is 4.94. The topological polar surface area (TPSA) is 62.5 Å². The number of piperazine rings is 1. The second-order valence-electron chi connectivity index (χ2n) is 5.10. The Hall–Kier alpha value is -1.82. The molecular weight excluding hydrogens is 272 g/mol. The average Bonchev–Trinajstić information content (AvgIpc) is 2.77. The first-order chi connectivity index (χ1) is 9.54. The lowest BCUT2D eigenvalue weighted by Crippen LogP contribution is -2.48. The Kier molecular flexibility index (Phi) is 3.25. The maximum atomic E-state index is 11.4. The average molecular weight is 290 g/mol. The molecule has 0 atom stereocenters. The number of benzene rings is 1. The summed E-state index contributed by atoms with van der Waals surface area (Å²) in [4.78, 5) is 20.0. The van der Waals surface area contributed by atoms with Crippen molar-refractivity contribution in [2.45, 2.75) is 13.8 Å². The van der Waals surface area contributed by atoms with Crippen LogP contribution >= 0.6 is 11.3 Å². The largest absolute Gasteiger partial charge is 0.397 e. The van der Waals surface area contributed by atoms with Crippen molar-refractivity contribution in [1.29, 1.82) is 0 Å². The summed E-state index contributed by atoms with van der Waals surface area (Å²) in [6.07, 6.45) is 0. The Bertz CT molecular complexity index is 658. The van der Waals surface area contributed by atoms with Crippen molar-refractivity contribution in [3.05, 3.63) is 17.1 Å². The van der Waals surface area contributed by atoms with Crippen LogP contribution in [0.1, 0.15) is 11.9 Å². The van der Waals surface area contributed by atoms with Crippen LogP contribution < -0.4 is 10.6 Å². The van der Waals surface area contributed by atoms with E-state index in [4.69, 9.17) is 5.73 Å². The van der Waals surface area contributed by atoms with Crippen LogP contribution in [0.15, 0.2) is 12.1 Å². The molecule has 1 amide bonds. The number of hydrogen-bond donors (Lipinski definition) is 1. The highest BCUT2D eigenvalue weighted by Gasteiger charge is 2.20. The fraction of sp³-hybridized carbons (Fsp3) is 0.429. The van der Waals surface area contributed by atoms with Gasteiger partial charge >= 0.3 is 0 Å². The molecule has 0 radical (unpaired) electrons. The van der Waals surface area contributed by atoms with Gasteiger partial charge in [-0.25, -0.2) is 4.98 Å². The van der Waals surface area contributed by atoms with Gasteiger partial charge in [0.15, 0.2) is 0 Å². The number of aromatic nitrogens is 1. The molecule has 1 fully saturated rings. The maximum absolute atomic E-state index is 11.4. The van der Waals surface area contributed by atoms with E-state index in [1.807, 2.05) is 17.9 Å². The van der Waals surface area contributed by atoms with Gasteiger partial charge in [-0.3, -0.25) is 4.79 Å². The lowest BCUT2D eigenvalue weighted by molar-refractivity contribution is -0.129. The van der Waals surface area contributed by atoms with Gasteiger partial charge < -0.3 is 15.5 Å². The lowest BCUT2D eigenvalue weighted by atomic mass is 10.2. The Morgan fingerprint density at radius 2 is 2.00 bits per heavy atom. The van der Waals surface area contributed by atoms with Crippen molar-refractivity contribution < 1.29 is 4.79 Å². The summed E-state index contributed by atoms with van der Waals surface area (Å²) in [5.41, 5.74) is 9.01. The molecule has 1 aromatic carbocycles. The van der Waals surface area contributed by atoms with Crippen LogP contribution in [-0.4, -0.2) is 42.0 Å². The van der Waals surface area contributed by atoms with E-state index in [0.717, 1.165) is 52.8 Å². The summed E-state index contributed by atoms with van der Waals surface area (Å²) in [5.74, 6) is 0.142. The summed E-state index contributed by atoms with van der Waals surface area (Å²) >= 11 is 1.66. The third-order valence-electron chi connectivity index (χ3n) is 3.71. The molecule has 5 nitrogen and oxygen atoms in total. The molecule has 20 heavy (non-hydrogen) atoms. The zero-order valence-corrected chi connectivity index (χ0v) is 12.5. The predicted molar refractivity (Wildman–Crippen MR) is 83.2 cm³/mol. The molecule has 1 aromatic heterocycles. The van der Waals surface area contributed by atoms with E-state index in [-0.39, 0.29) is 5.91 Å². The van der Waals surface area contributed by atoms with Gasteiger partial charge in [0.05, 0.1) is 26.6 Å². The molecule has 0 spiro atoms. The van der Waals surface area contributed by atoms with E-state index in [2.05, 4.69) is 16.0 Å². The monoisotopic (exact) mass is 290 g/mol. The minimum Gasteiger partial charge on any atom is -0.397 e. The third kappa shape index (κ3) is 2.31. The van der Waals surface area contributed by atoms with Crippen LogP contribution in [0.3, 0.4) is 0 Å². The summed E-state index contributed by atoms with van der Waals surface area (Å²) in [7, 11) is 0. The molecule has 1 aliphatic rings. The van der Waals surface area contributed by atoms with Crippen molar-refractivity contribution in [2.24, 2.45) is 0 Å². The minimum atomic E-state index is 0.142. The highest BCUT2D eigenvalue weighted by Crippen LogP contribution is 2.32. The zero-order valence-electron chi connectivity index (χ0n) is 11.7. The van der Waals surface area contributed by atoms with Gasteiger partial charge in [0.1, 0.15) is 0 Å². The molecule has 0 unspecified atom stereocenters. The number of aryl methyl sites for hydroxylation is 1. The smallest absolute Gasteiger partial charge is 0.219 e. The van der Waals surface area contributed by atoms with Gasteiger partial charge in [0, 0.05) is 33.1 Å². The molecule has 0 aliphatic carbocycles. The summed E-state index contributed by atoms with van der Waals surface area (Å²) in [6, 6.07) is 4.07. The summed E-state index contributed by atoms with van der Waals surface area (Å²) in [5, 5.41) is 1.05. The SMILES string of the molecule is CC(=O)N1CCN(c2cc3nc(C)sc3cc2N)CC1. The number of nitrogens with two attached hydrogens (primary N) is 1. The second-order valence-corrected chi connectivity index (χ2v) is 6.34. The number of fused-ring (bicyclic) bond motifs is 1. The predicted octanol–water partition coefficient (Wildman–Crippen LogP) is 1.86. The molecule has 106 valence electrons. The minimum absolute atomic E-state index is 0.142. The van der Waals surface area contributed by atoms with Gasteiger partial charge in [-0.05, 0) is 19.1 Å². The first-order valence-corrected chi connectivity index (χ1v) is 7.53. The van der Waals surface area contributed by atoms with Crippen molar-refractivity contribution in [3.63, 3.8) is 0 Å². The van der Waals surface area contributed by atoms with Crippen LogP contribution in [-0.2, 0) is 4.79 Å². The van der Waals surface area contributed by atoms with Crippen molar-refractivity contribution >= 4 is 38.8 Å². The van der Waals surface area contributed by atoms with Crippen LogP contribution in [0, 0.1) is 6.92 Å². The molecule has 3 rings (SSSR count). The molecule has 2 N–H and O–H groups in total. The summed E-state index contributed by atoms with van der Waals surface area (Å²) in [6.45, 7) is 6.77. The van der Waals surface area contributed by atoms with Gasteiger partial charge in [-0.2, -0.15) is 0 Å². The van der Waals surface area contributed by atoms with E-state index in [9.17, 15) is 4.79 Å². The van der Waals surface area contributed by atoms with Gasteiger partial charge in [0.25, 0.3) is 0 Å². The quantitative estimate of drug-likeness (QED) is 0.814. The van der Waals surface area contributed by atoms with Crippen molar-refractivity contribution in [3.8, 4) is 0 Å². The normalized spacial score (nSPS) is 15.9. The Morgan fingerprint density at radius 1 is 1.30 bits per heavy atom. The number of nitrogen functional groups attached to an aromatic ring is 1. The fourth-order valence-electron chi connectivity index (χ4n) is 2.63. The maximum Gasteiger partial charge on any atom is 0.219 e. The van der Waals surface area contributed by atoms with Gasteiger partial charge in [-0.1, -0.05) is 0 Å². The van der Waals surface area contributed by atoms with E-state index in [1.54, 1.807) is 18.3 Å². The number of carbonyl (C=O) groups excluding carboxylic acids is 1. The Morgan fingerprint density at radius 3 is 2.65 bits per heavy atom. The molecule has 0 saturated carbocycles. The third-order valence-corrected chi connectivity index (χ3v) is 4.64. The van der Waals surface area contributed by atoms with E-state index >= 15 is 0 Å². The highest BCUT2D eigenvalue weighted by molar-refractivity contribution is 7.18.